The molecule has 38 heavy (non-hydrogen) atoms. The van der Waals surface area contributed by atoms with Crippen molar-refractivity contribution in [2.75, 3.05) is 4.90 Å². The van der Waals surface area contributed by atoms with Crippen molar-refractivity contribution in [1.29, 1.82) is 0 Å². The maximum Gasteiger partial charge on any atom is 0.339 e. The first-order valence-electron chi connectivity index (χ1n) is 11.9. The van der Waals surface area contributed by atoms with E-state index in [1.54, 1.807) is 66.7 Å². The van der Waals surface area contributed by atoms with E-state index in [1.165, 1.54) is 18.2 Å². The van der Waals surface area contributed by atoms with Crippen LogP contribution in [0.1, 0.15) is 64.2 Å². The van der Waals surface area contributed by atoms with Crippen molar-refractivity contribution in [2.24, 2.45) is 0 Å². The second kappa shape index (κ2) is 10.1. The lowest BCUT2D eigenvalue weighted by molar-refractivity contribution is 0.0280. The van der Waals surface area contributed by atoms with Crippen LogP contribution in [-0.2, 0) is 4.74 Å². The smallest absolute Gasteiger partial charge is 0.339 e. The largest absolute Gasteiger partial charge is 0.445 e. The molecule has 1 aliphatic heterocycles. The molecule has 2 amide bonds. The highest BCUT2D eigenvalue weighted by molar-refractivity contribution is 6.34. The third-order valence-electron chi connectivity index (χ3n) is 6.57. The van der Waals surface area contributed by atoms with Gasteiger partial charge in [-0.1, -0.05) is 60.1 Å². The number of amides is 2. The van der Waals surface area contributed by atoms with Crippen LogP contribution in [0.4, 0.5) is 5.69 Å². The Morgan fingerprint density at radius 3 is 2.11 bits per heavy atom. The Kier molecular flexibility index (Phi) is 6.66. The van der Waals surface area contributed by atoms with Crippen LogP contribution in [0.3, 0.4) is 0 Å². The van der Waals surface area contributed by atoms with Crippen molar-refractivity contribution >= 4 is 40.9 Å². The van der Waals surface area contributed by atoms with E-state index in [2.05, 4.69) is 0 Å². The van der Waals surface area contributed by atoms with E-state index in [9.17, 15) is 19.2 Å². The molecule has 0 fully saturated rings. The number of anilines is 1. The van der Waals surface area contributed by atoms with E-state index in [-0.39, 0.29) is 16.7 Å². The monoisotopic (exact) mass is 523 g/mol. The van der Waals surface area contributed by atoms with Crippen molar-refractivity contribution in [3.8, 4) is 0 Å². The number of carbonyl (C=O) groups excluding carboxylic acids is 4. The Labute approximate surface area is 224 Å². The topological polar surface area (TPSA) is 80.8 Å². The summed E-state index contributed by atoms with van der Waals surface area (Å²) in [6.45, 7) is 3.85. The first kappa shape index (κ1) is 25.1. The third kappa shape index (κ3) is 4.62. The summed E-state index contributed by atoms with van der Waals surface area (Å²) in [6.07, 6.45) is -1.24. The molecule has 6 nitrogen and oxygen atoms in total. The van der Waals surface area contributed by atoms with Gasteiger partial charge < -0.3 is 4.74 Å². The van der Waals surface area contributed by atoms with E-state index < -0.39 is 29.7 Å². The number of ether oxygens (including phenoxy) is 1. The van der Waals surface area contributed by atoms with E-state index in [1.807, 2.05) is 19.9 Å². The molecule has 0 bridgehead atoms. The summed E-state index contributed by atoms with van der Waals surface area (Å²) in [5, 5.41) is 0.473. The van der Waals surface area contributed by atoms with Crippen molar-refractivity contribution in [3.05, 3.63) is 135 Å². The van der Waals surface area contributed by atoms with Gasteiger partial charge in [0.1, 0.15) is 0 Å². The van der Waals surface area contributed by atoms with Crippen molar-refractivity contribution in [2.45, 2.75) is 20.0 Å². The summed E-state index contributed by atoms with van der Waals surface area (Å²) in [6, 6.07) is 24.5. The molecule has 0 saturated heterocycles. The number of fused-ring (bicyclic) bond motifs is 1. The zero-order valence-corrected chi connectivity index (χ0v) is 21.4. The Morgan fingerprint density at radius 1 is 0.737 bits per heavy atom. The molecule has 0 saturated carbocycles. The van der Waals surface area contributed by atoms with Gasteiger partial charge in [0.05, 0.1) is 22.4 Å². The second-order valence-corrected chi connectivity index (χ2v) is 9.48. The summed E-state index contributed by atoms with van der Waals surface area (Å²) in [5.74, 6) is -2.21. The molecule has 0 spiro atoms. The maximum atomic E-state index is 13.3. The zero-order chi connectivity index (χ0) is 27.0. The van der Waals surface area contributed by atoms with Gasteiger partial charge >= 0.3 is 5.97 Å². The fraction of sp³-hybridized carbons (Fsp3) is 0.0968. The number of esters is 1. The number of hydrogen-bond acceptors (Lipinski definition) is 5. The molecule has 1 heterocycles. The van der Waals surface area contributed by atoms with Crippen LogP contribution in [0.25, 0.3) is 0 Å². The highest BCUT2D eigenvalue weighted by atomic mass is 35.5. The molecule has 188 valence electrons. The molecule has 1 atom stereocenters. The minimum atomic E-state index is -1.24. The van der Waals surface area contributed by atoms with Crippen LogP contribution >= 0.6 is 11.6 Å². The van der Waals surface area contributed by atoms with E-state index in [4.69, 9.17) is 16.3 Å². The molecule has 0 aliphatic carbocycles. The van der Waals surface area contributed by atoms with Gasteiger partial charge in [-0.3, -0.25) is 14.4 Å². The van der Waals surface area contributed by atoms with Crippen LogP contribution in [0.5, 0.6) is 0 Å². The molecule has 5 rings (SSSR count). The molecular formula is C31H22ClNO5. The van der Waals surface area contributed by atoms with Gasteiger partial charge in [0.2, 0.25) is 5.78 Å². The number of rotatable bonds is 6. The number of hydrogen-bond donors (Lipinski definition) is 0. The molecule has 0 unspecified atom stereocenters. The molecule has 7 heteroatoms. The first-order chi connectivity index (χ1) is 18.2. The molecule has 0 N–H and O–H groups in total. The lowest BCUT2D eigenvalue weighted by atomic mass is 9.99. The third-order valence-corrected chi connectivity index (χ3v) is 6.82. The van der Waals surface area contributed by atoms with Gasteiger partial charge in [-0.25, -0.2) is 9.69 Å². The van der Waals surface area contributed by atoms with E-state index in [0.29, 0.717) is 21.8 Å². The van der Waals surface area contributed by atoms with Crippen LogP contribution in [0.15, 0.2) is 91.0 Å². The van der Waals surface area contributed by atoms with Crippen LogP contribution < -0.4 is 4.90 Å². The lowest BCUT2D eigenvalue weighted by Crippen LogP contribution is -2.29. The van der Waals surface area contributed by atoms with Gasteiger partial charge in [0.25, 0.3) is 11.8 Å². The van der Waals surface area contributed by atoms with Gasteiger partial charge in [0.15, 0.2) is 6.10 Å². The summed E-state index contributed by atoms with van der Waals surface area (Å²) in [7, 11) is 0. The Hall–Kier alpha value is -4.55. The number of halogens is 1. The summed E-state index contributed by atoms with van der Waals surface area (Å²) in [5.41, 5.74) is 3.60. The number of nitrogens with zero attached hydrogens (tertiary/aromatic N) is 1. The first-order valence-corrected chi connectivity index (χ1v) is 12.3. The average molecular weight is 524 g/mol. The van der Waals surface area contributed by atoms with Crippen LogP contribution in [0, 0.1) is 13.8 Å². The van der Waals surface area contributed by atoms with E-state index in [0.717, 1.165) is 16.0 Å². The zero-order valence-electron chi connectivity index (χ0n) is 20.6. The fourth-order valence-corrected chi connectivity index (χ4v) is 4.43. The number of ketones is 1. The number of Topliss-reactive ketones (excluding diaryl/α,β-unsaturated/α-hetero) is 1. The standard InChI is InChI=1S/C31H22ClNO5/c1-18-8-14-24(16-19(18)2)33-29(35)25-15-11-22(17-26(25)30(33)36)31(37)38-28(21-9-12-23(32)13-10-21)27(34)20-6-4-3-5-7-20/h3-17,28H,1-2H3/t28-/m0/s1. The average Bonchev–Trinajstić information content (AvgIpc) is 3.18. The fourth-order valence-electron chi connectivity index (χ4n) is 4.31. The summed E-state index contributed by atoms with van der Waals surface area (Å²) < 4.78 is 5.70. The Morgan fingerprint density at radius 2 is 1.42 bits per heavy atom. The van der Waals surface area contributed by atoms with Crippen molar-refractivity contribution in [3.63, 3.8) is 0 Å². The Balaban J connectivity index is 1.45. The normalized spacial score (nSPS) is 13.3. The summed E-state index contributed by atoms with van der Waals surface area (Å²) >= 11 is 6.01. The molecule has 0 radical (unpaired) electrons. The number of aryl methyl sites for hydroxylation is 2. The number of benzene rings is 4. The van der Waals surface area contributed by atoms with Gasteiger partial charge in [0, 0.05) is 16.1 Å². The highest BCUT2D eigenvalue weighted by Gasteiger charge is 2.38. The number of carbonyl (C=O) groups is 4. The predicted molar refractivity (Wildman–Crippen MR) is 144 cm³/mol. The molecule has 4 aromatic carbocycles. The quantitative estimate of drug-likeness (QED) is 0.163. The minimum absolute atomic E-state index is 0.0478. The van der Waals surface area contributed by atoms with Crippen LogP contribution in [-0.4, -0.2) is 23.6 Å². The van der Waals surface area contributed by atoms with Crippen molar-refractivity contribution in [1.82, 2.24) is 0 Å². The highest BCUT2D eigenvalue weighted by Crippen LogP contribution is 2.31. The predicted octanol–water partition coefficient (Wildman–Crippen LogP) is 6.54. The minimum Gasteiger partial charge on any atom is -0.445 e. The Bertz CT molecular complexity index is 1590. The SMILES string of the molecule is Cc1ccc(N2C(=O)c3ccc(C(=O)O[C@H](C(=O)c4ccccc4)c4ccc(Cl)cc4)cc3C2=O)cc1C. The molecule has 1 aliphatic rings. The maximum absolute atomic E-state index is 13.3. The molecule has 4 aromatic rings. The second-order valence-electron chi connectivity index (χ2n) is 9.04. The van der Waals surface area contributed by atoms with Gasteiger partial charge in [-0.15, -0.1) is 0 Å². The lowest BCUT2D eigenvalue weighted by Gasteiger charge is -2.18. The van der Waals surface area contributed by atoms with Crippen molar-refractivity contribution < 1.29 is 23.9 Å². The van der Waals surface area contributed by atoms with Gasteiger partial charge in [-0.2, -0.15) is 0 Å². The number of imide groups is 1. The molecule has 0 aromatic heterocycles. The molecular weight excluding hydrogens is 502 g/mol. The van der Waals surface area contributed by atoms with Crippen LogP contribution in [0.2, 0.25) is 5.02 Å². The van der Waals surface area contributed by atoms with Gasteiger partial charge in [-0.05, 0) is 67.4 Å². The van der Waals surface area contributed by atoms with E-state index >= 15 is 0 Å². The summed E-state index contributed by atoms with van der Waals surface area (Å²) in [4.78, 5) is 53.9.